The normalized spacial score (nSPS) is 10.8. The van der Waals surface area contributed by atoms with E-state index < -0.39 is 0 Å². The van der Waals surface area contributed by atoms with Crippen molar-refractivity contribution in [3.63, 3.8) is 0 Å². The Balaban J connectivity index is 1.21. The van der Waals surface area contributed by atoms with E-state index in [2.05, 4.69) is 141 Å². The fourth-order valence-corrected chi connectivity index (χ4v) is 5.91. The number of hydrogen-bond acceptors (Lipinski definition) is 7. The molecule has 0 unspecified atom stereocenters. The molecule has 0 bridgehead atoms. The average Bonchev–Trinajstić information content (AvgIpc) is 3.20. The van der Waals surface area contributed by atoms with Crippen LogP contribution in [0.1, 0.15) is 0 Å². The SMILES string of the molecule is c1ccc(N(c2ccccc2)c2cccc(N(c3ccccc3)c3ccc(-c4nc(-c5cccnc5)nc(-c5cccnc5)n4)cc3)c2)cc1. The highest BCUT2D eigenvalue weighted by molar-refractivity contribution is 5.83. The molecule has 0 aliphatic heterocycles. The van der Waals surface area contributed by atoms with Crippen LogP contribution in [0.15, 0.2) is 189 Å². The number of para-hydroxylation sites is 3. The van der Waals surface area contributed by atoms with Crippen LogP contribution in [0.4, 0.5) is 34.1 Å². The molecule has 8 aromatic rings. The summed E-state index contributed by atoms with van der Waals surface area (Å²) >= 11 is 0. The fraction of sp³-hybridized carbons (Fsp3) is 0. The zero-order chi connectivity index (χ0) is 33.5. The Morgan fingerprint density at radius 2 is 0.680 bits per heavy atom. The van der Waals surface area contributed by atoms with Gasteiger partial charge >= 0.3 is 0 Å². The Morgan fingerprint density at radius 3 is 1.08 bits per heavy atom. The summed E-state index contributed by atoms with van der Waals surface area (Å²) in [5.74, 6) is 1.67. The maximum absolute atomic E-state index is 4.88. The minimum atomic E-state index is 0.551. The number of aromatic nitrogens is 5. The highest BCUT2D eigenvalue weighted by atomic mass is 15.2. The molecule has 0 aliphatic carbocycles. The van der Waals surface area contributed by atoms with Crippen LogP contribution < -0.4 is 9.80 Å². The first-order valence-corrected chi connectivity index (χ1v) is 16.3. The fourth-order valence-electron chi connectivity index (χ4n) is 5.91. The van der Waals surface area contributed by atoms with Crippen LogP contribution in [0.25, 0.3) is 34.2 Å². The van der Waals surface area contributed by atoms with Crippen molar-refractivity contribution in [2.75, 3.05) is 9.80 Å². The summed E-state index contributed by atoms with van der Waals surface area (Å²) in [6, 6.07) is 55.9. The average molecular weight is 646 g/mol. The van der Waals surface area contributed by atoms with Gasteiger partial charge in [0.15, 0.2) is 17.5 Å². The van der Waals surface area contributed by atoms with E-state index in [9.17, 15) is 0 Å². The first-order chi connectivity index (χ1) is 24.8. The van der Waals surface area contributed by atoms with E-state index in [-0.39, 0.29) is 0 Å². The zero-order valence-electron chi connectivity index (χ0n) is 27.0. The van der Waals surface area contributed by atoms with Crippen molar-refractivity contribution in [1.82, 2.24) is 24.9 Å². The standard InChI is InChI=1S/C43H31N7/c1-4-15-35(16-5-1)49(36-17-6-2-7-18-36)39-21-10-22-40(29-39)50(37-19-8-3-9-20-37)38-25-23-32(24-26-38)41-46-42(33-13-11-27-44-30-33)48-43(47-41)34-14-12-28-45-31-34/h1-31H. The number of rotatable bonds is 9. The molecular weight excluding hydrogens is 615 g/mol. The van der Waals surface area contributed by atoms with E-state index in [0.29, 0.717) is 17.5 Å². The Bertz CT molecular complexity index is 2210. The third-order valence-corrected chi connectivity index (χ3v) is 8.25. The van der Waals surface area contributed by atoms with E-state index in [1.165, 1.54) is 0 Å². The minimum Gasteiger partial charge on any atom is -0.310 e. The third-order valence-electron chi connectivity index (χ3n) is 8.25. The first-order valence-electron chi connectivity index (χ1n) is 16.3. The van der Waals surface area contributed by atoms with Gasteiger partial charge in [-0.25, -0.2) is 15.0 Å². The van der Waals surface area contributed by atoms with Gasteiger partial charge in [-0.1, -0.05) is 60.7 Å². The molecule has 0 saturated carbocycles. The largest absolute Gasteiger partial charge is 0.310 e. The molecule has 0 atom stereocenters. The van der Waals surface area contributed by atoms with E-state index in [1.54, 1.807) is 24.8 Å². The van der Waals surface area contributed by atoms with Gasteiger partial charge in [0.1, 0.15) is 0 Å². The lowest BCUT2D eigenvalue weighted by Gasteiger charge is -2.29. The van der Waals surface area contributed by atoms with Crippen LogP contribution in [0.2, 0.25) is 0 Å². The molecule has 0 fully saturated rings. The molecular formula is C43H31N7. The van der Waals surface area contributed by atoms with Crippen LogP contribution in [-0.4, -0.2) is 24.9 Å². The van der Waals surface area contributed by atoms with Gasteiger partial charge in [0.2, 0.25) is 0 Å². The lowest BCUT2D eigenvalue weighted by Crippen LogP contribution is -2.13. The Hall–Kier alpha value is -6.99. The summed E-state index contributed by atoms with van der Waals surface area (Å²) in [6.45, 7) is 0. The van der Waals surface area contributed by atoms with E-state index in [4.69, 9.17) is 15.0 Å². The quantitative estimate of drug-likeness (QED) is 0.155. The van der Waals surface area contributed by atoms with Crippen molar-refractivity contribution in [2.45, 2.75) is 0 Å². The van der Waals surface area contributed by atoms with Gasteiger partial charge in [0.05, 0.1) is 0 Å². The van der Waals surface area contributed by atoms with E-state index in [0.717, 1.165) is 50.8 Å². The molecule has 238 valence electrons. The predicted octanol–water partition coefficient (Wildman–Crippen LogP) is 10.6. The van der Waals surface area contributed by atoms with Gasteiger partial charge in [-0.15, -0.1) is 0 Å². The third kappa shape index (κ3) is 6.43. The molecule has 3 aromatic heterocycles. The molecule has 0 saturated heterocycles. The number of benzene rings is 5. The second-order valence-electron chi connectivity index (χ2n) is 11.5. The van der Waals surface area contributed by atoms with Crippen LogP contribution in [0, 0.1) is 0 Å². The summed E-state index contributed by atoms with van der Waals surface area (Å²) in [7, 11) is 0. The van der Waals surface area contributed by atoms with Gasteiger partial charge in [0, 0.05) is 75.6 Å². The molecule has 0 radical (unpaired) electrons. The van der Waals surface area contributed by atoms with Gasteiger partial charge in [-0.2, -0.15) is 0 Å². The summed E-state index contributed by atoms with van der Waals surface area (Å²) in [6.07, 6.45) is 7.00. The van der Waals surface area contributed by atoms with Crippen molar-refractivity contribution in [1.29, 1.82) is 0 Å². The van der Waals surface area contributed by atoms with Crippen molar-refractivity contribution in [3.05, 3.63) is 189 Å². The van der Waals surface area contributed by atoms with Crippen molar-refractivity contribution in [3.8, 4) is 34.2 Å². The second-order valence-corrected chi connectivity index (χ2v) is 11.5. The van der Waals surface area contributed by atoms with Gasteiger partial charge < -0.3 is 9.80 Å². The topological polar surface area (TPSA) is 70.9 Å². The van der Waals surface area contributed by atoms with Gasteiger partial charge in [-0.3, -0.25) is 9.97 Å². The molecule has 7 heteroatoms. The highest BCUT2D eigenvalue weighted by Crippen LogP contribution is 2.40. The summed E-state index contributed by atoms with van der Waals surface area (Å²) in [4.78, 5) is 27.6. The number of pyridine rings is 2. The summed E-state index contributed by atoms with van der Waals surface area (Å²) < 4.78 is 0. The molecule has 8 rings (SSSR count). The van der Waals surface area contributed by atoms with Crippen molar-refractivity contribution >= 4 is 34.1 Å². The molecule has 0 N–H and O–H groups in total. The first kappa shape index (κ1) is 30.4. The maximum atomic E-state index is 4.88. The van der Waals surface area contributed by atoms with Crippen LogP contribution in [-0.2, 0) is 0 Å². The lowest BCUT2D eigenvalue weighted by molar-refractivity contribution is 1.07. The lowest BCUT2D eigenvalue weighted by atomic mass is 10.1. The molecule has 0 spiro atoms. The molecule has 50 heavy (non-hydrogen) atoms. The smallest absolute Gasteiger partial charge is 0.165 e. The molecule has 5 aromatic carbocycles. The Labute approximate surface area is 290 Å². The van der Waals surface area contributed by atoms with Gasteiger partial charge in [-0.05, 0) is 103 Å². The van der Waals surface area contributed by atoms with Crippen molar-refractivity contribution < 1.29 is 0 Å². The number of hydrogen-bond donors (Lipinski definition) is 0. The van der Waals surface area contributed by atoms with Gasteiger partial charge in [0.25, 0.3) is 0 Å². The molecule has 0 aliphatic rings. The molecule has 7 nitrogen and oxygen atoms in total. The Kier molecular flexibility index (Phi) is 8.51. The molecule has 0 amide bonds. The van der Waals surface area contributed by atoms with Crippen LogP contribution in [0.5, 0.6) is 0 Å². The Morgan fingerprint density at radius 1 is 0.300 bits per heavy atom. The second kappa shape index (κ2) is 14.0. The van der Waals surface area contributed by atoms with Crippen molar-refractivity contribution in [2.24, 2.45) is 0 Å². The number of nitrogens with zero attached hydrogens (tertiary/aromatic N) is 7. The van der Waals surface area contributed by atoms with Crippen LogP contribution >= 0.6 is 0 Å². The van der Waals surface area contributed by atoms with Crippen LogP contribution in [0.3, 0.4) is 0 Å². The summed E-state index contributed by atoms with van der Waals surface area (Å²) in [5.41, 5.74) is 8.78. The monoisotopic (exact) mass is 645 g/mol. The van der Waals surface area contributed by atoms with E-state index in [1.807, 2.05) is 42.5 Å². The number of anilines is 6. The maximum Gasteiger partial charge on any atom is 0.165 e. The zero-order valence-corrected chi connectivity index (χ0v) is 27.0. The van der Waals surface area contributed by atoms with E-state index >= 15 is 0 Å². The summed E-state index contributed by atoms with van der Waals surface area (Å²) in [5, 5.41) is 0. The minimum absolute atomic E-state index is 0.551. The predicted molar refractivity (Wildman–Crippen MR) is 201 cm³/mol. The highest BCUT2D eigenvalue weighted by Gasteiger charge is 2.18. The molecule has 3 heterocycles.